The Balaban J connectivity index is 2.27. The summed E-state index contributed by atoms with van der Waals surface area (Å²) in [6.45, 7) is 6.31. The number of carbonyl (C=O) groups is 1. The summed E-state index contributed by atoms with van der Waals surface area (Å²) in [7, 11) is 0. The van der Waals surface area contributed by atoms with E-state index in [1.54, 1.807) is 0 Å². The average molecular weight is 262 g/mol. The SMILES string of the molecule is CC[C@@H]1SC(=Nc2ccccc2C(C)C)NC1=O. The van der Waals surface area contributed by atoms with Crippen molar-refractivity contribution in [2.75, 3.05) is 0 Å². The molecule has 2 rings (SSSR count). The quantitative estimate of drug-likeness (QED) is 0.906. The van der Waals surface area contributed by atoms with Crippen molar-refractivity contribution in [3.05, 3.63) is 29.8 Å². The highest BCUT2D eigenvalue weighted by Crippen LogP contribution is 2.29. The number of amidine groups is 1. The van der Waals surface area contributed by atoms with Crippen LogP contribution in [0, 0.1) is 0 Å². The van der Waals surface area contributed by atoms with Crippen LogP contribution >= 0.6 is 11.8 Å². The van der Waals surface area contributed by atoms with E-state index in [1.807, 2.05) is 25.1 Å². The fourth-order valence-electron chi connectivity index (χ4n) is 1.91. The number of nitrogens with one attached hydrogen (secondary N) is 1. The molecule has 1 aliphatic rings. The number of amides is 1. The van der Waals surface area contributed by atoms with Crippen molar-refractivity contribution in [3.8, 4) is 0 Å². The maximum Gasteiger partial charge on any atom is 0.239 e. The van der Waals surface area contributed by atoms with E-state index in [9.17, 15) is 4.79 Å². The number of carbonyl (C=O) groups excluding carboxylic acids is 1. The van der Waals surface area contributed by atoms with Gasteiger partial charge < -0.3 is 5.32 Å². The van der Waals surface area contributed by atoms with Gasteiger partial charge in [0.2, 0.25) is 5.91 Å². The predicted molar refractivity (Wildman–Crippen MR) is 77.4 cm³/mol. The summed E-state index contributed by atoms with van der Waals surface area (Å²) in [6, 6.07) is 8.08. The monoisotopic (exact) mass is 262 g/mol. The van der Waals surface area contributed by atoms with E-state index < -0.39 is 0 Å². The number of hydrogen-bond acceptors (Lipinski definition) is 3. The van der Waals surface area contributed by atoms with E-state index >= 15 is 0 Å². The minimum atomic E-state index is 0.00922. The van der Waals surface area contributed by atoms with Gasteiger partial charge in [-0.05, 0) is 24.0 Å². The van der Waals surface area contributed by atoms with Crippen LogP contribution in [-0.2, 0) is 4.79 Å². The van der Waals surface area contributed by atoms with Crippen molar-refractivity contribution < 1.29 is 4.79 Å². The number of thioether (sulfide) groups is 1. The first-order valence-electron chi connectivity index (χ1n) is 6.27. The summed E-state index contributed by atoms with van der Waals surface area (Å²) in [5.41, 5.74) is 2.16. The van der Waals surface area contributed by atoms with Gasteiger partial charge >= 0.3 is 0 Å². The second kappa shape index (κ2) is 5.57. The summed E-state index contributed by atoms with van der Waals surface area (Å²) in [6.07, 6.45) is 0.835. The largest absolute Gasteiger partial charge is 0.304 e. The summed E-state index contributed by atoms with van der Waals surface area (Å²) >= 11 is 1.52. The molecule has 18 heavy (non-hydrogen) atoms. The smallest absolute Gasteiger partial charge is 0.239 e. The molecule has 1 aromatic carbocycles. The van der Waals surface area contributed by atoms with Crippen molar-refractivity contribution in [2.45, 2.75) is 38.4 Å². The molecule has 1 aliphatic heterocycles. The third-order valence-corrected chi connectivity index (χ3v) is 4.18. The molecule has 0 aromatic heterocycles. The van der Waals surface area contributed by atoms with E-state index in [4.69, 9.17) is 0 Å². The number of para-hydroxylation sites is 1. The first kappa shape index (κ1) is 13.1. The third kappa shape index (κ3) is 2.75. The molecule has 0 saturated carbocycles. The zero-order valence-corrected chi connectivity index (χ0v) is 11.8. The molecule has 0 unspecified atom stereocenters. The summed E-state index contributed by atoms with van der Waals surface area (Å²) in [5, 5.41) is 3.57. The van der Waals surface area contributed by atoms with Gasteiger partial charge in [0.15, 0.2) is 5.17 Å². The Morgan fingerprint density at radius 1 is 1.39 bits per heavy atom. The van der Waals surface area contributed by atoms with E-state index in [2.05, 4.69) is 30.2 Å². The summed E-state index contributed by atoms with van der Waals surface area (Å²) in [5.74, 6) is 0.498. The molecule has 1 saturated heterocycles. The minimum absolute atomic E-state index is 0.00922. The highest BCUT2D eigenvalue weighted by molar-refractivity contribution is 8.15. The van der Waals surface area contributed by atoms with Crippen LogP contribution in [-0.4, -0.2) is 16.3 Å². The maximum absolute atomic E-state index is 11.6. The zero-order valence-electron chi connectivity index (χ0n) is 10.9. The molecule has 1 heterocycles. The molecule has 3 nitrogen and oxygen atoms in total. The lowest BCUT2D eigenvalue weighted by atomic mass is 10.0. The highest BCUT2D eigenvalue weighted by atomic mass is 32.2. The molecule has 0 spiro atoms. The second-order valence-corrected chi connectivity index (χ2v) is 5.83. The van der Waals surface area contributed by atoms with Gasteiger partial charge in [0.25, 0.3) is 0 Å². The second-order valence-electron chi connectivity index (χ2n) is 4.63. The van der Waals surface area contributed by atoms with Gasteiger partial charge in [-0.2, -0.15) is 0 Å². The van der Waals surface area contributed by atoms with Crippen LogP contribution in [0.4, 0.5) is 5.69 Å². The van der Waals surface area contributed by atoms with Gasteiger partial charge in [0, 0.05) is 0 Å². The normalized spacial score (nSPS) is 21.7. The first-order chi connectivity index (χ1) is 8.61. The average Bonchev–Trinajstić information content (AvgIpc) is 2.70. The van der Waals surface area contributed by atoms with Gasteiger partial charge in [-0.15, -0.1) is 0 Å². The third-order valence-electron chi connectivity index (χ3n) is 2.93. The predicted octanol–water partition coefficient (Wildman–Crippen LogP) is 3.44. The maximum atomic E-state index is 11.6. The fourth-order valence-corrected chi connectivity index (χ4v) is 2.83. The Labute approximate surface area is 112 Å². The van der Waals surface area contributed by atoms with Crippen molar-refractivity contribution in [1.82, 2.24) is 5.32 Å². The van der Waals surface area contributed by atoms with Gasteiger partial charge in [-0.1, -0.05) is 50.7 Å². The minimum Gasteiger partial charge on any atom is -0.304 e. The van der Waals surface area contributed by atoms with E-state index in [1.165, 1.54) is 17.3 Å². The molecule has 1 atom stereocenters. The Morgan fingerprint density at radius 2 is 2.11 bits per heavy atom. The number of nitrogens with zero attached hydrogens (tertiary/aromatic N) is 1. The molecule has 1 amide bonds. The Kier molecular flexibility index (Phi) is 4.07. The van der Waals surface area contributed by atoms with Crippen molar-refractivity contribution in [2.24, 2.45) is 4.99 Å². The lowest BCUT2D eigenvalue weighted by Crippen LogP contribution is -2.24. The first-order valence-corrected chi connectivity index (χ1v) is 7.15. The number of rotatable bonds is 3. The van der Waals surface area contributed by atoms with Gasteiger partial charge in [-0.3, -0.25) is 4.79 Å². The number of aliphatic imine (C=N–C) groups is 1. The van der Waals surface area contributed by atoms with Gasteiger partial charge in [0.05, 0.1) is 10.9 Å². The molecule has 1 fully saturated rings. The summed E-state index contributed by atoms with van der Waals surface area (Å²) in [4.78, 5) is 16.2. The van der Waals surface area contributed by atoms with Crippen LogP contribution in [0.5, 0.6) is 0 Å². The van der Waals surface area contributed by atoms with Crippen LogP contribution < -0.4 is 5.32 Å². The highest BCUT2D eigenvalue weighted by Gasteiger charge is 2.28. The molecular formula is C14H18N2OS. The molecular weight excluding hydrogens is 244 g/mol. The Morgan fingerprint density at radius 3 is 2.72 bits per heavy atom. The van der Waals surface area contributed by atoms with Crippen LogP contribution in [0.2, 0.25) is 0 Å². The molecule has 4 heteroatoms. The van der Waals surface area contributed by atoms with E-state index in [-0.39, 0.29) is 11.2 Å². The molecule has 96 valence electrons. The Hall–Kier alpha value is -1.29. The fraction of sp³-hybridized carbons (Fsp3) is 0.429. The number of hydrogen-bond donors (Lipinski definition) is 1. The van der Waals surface area contributed by atoms with Gasteiger partial charge in [-0.25, -0.2) is 4.99 Å². The molecule has 0 radical (unpaired) electrons. The zero-order chi connectivity index (χ0) is 13.1. The lowest BCUT2D eigenvalue weighted by molar-refractivity contribution is -0.118. The number of benzene rings is 1. The van der Waals surface area contributed by atoms with Crippen LogP contribution in [0.3, 0.4) is 0 Å². The standard InChI is InChI=1S/C14H18N2OS/c1-4-12-13(17)16-14(18-12)15-11-8-6-5-7-10(11)9(2)3/h5-9,12H,4H2,1-3H3,(H,15,16,17)/t12-/m0/s1. The molecule has 1 aromatic rings. The summed E-state index contributed by atoms with van der Waals surface area (Å²) < 4.78 is 0. The lowest BCUT2D eigenvalue weighted by Gasteiger charge is -2.09. The van der Waals surface area contributed by atoms with Crippen LogP contribution in [0.25, 0.3) is 0 Å². The van der Waals surface area contributed by atoms with Crippen LogP contribution in [0.1, 0.15) is 38.7 Å². The van der Waals surface area contributed by atoms with Gasteiger partial charge in [0.1, 0.15) is 0 Å². The van der Waals surface area contributed by atoms with Crippen molar-refractivity contribution >= 4 is 28.5 Å². The van der Waals surface area contributed by atoms with Crippen molar-refractivity contribution in [1.29, 1.82) is 0 Å². The van der Waals surface area contributed by atoms with Crippen LogP contribution in [0.15, 0.2) is 29.3 Å². The van der Waals surface area contributed by atoms with E-state index in [0.717, 1.165) is 17.3 Å². The topological polar surface area (TPSA) is 41.5 Å². The van der Waals surface area contributed by atoms with Crippen molar-refractivity contribution in [3.63, 3.8) is 0 Å². The molecule has 0 bridgehead atoms. The Bertz CT molecular complexity index is 482. The molecule has 1 N–H and O–H groups in total. The van der Waals surface area contributed by atoms with E-state index in [0.29, 0.717) is 5.92 Å². The molecule has 0 aliphatic carbocycles.